The van der Waals surface area contributed by atoms with Crippen LogP contribution in [0.1, 0.15) is 58.3 Å². The third-order valence-electron chi connectivity index (χ3n) is 2.56. The van der Waals surface area contributed by atoms with E-state index >= 15 is 0 Å². The molecule has 0 aliphatic rings. The van der Waals surface area contributed by atoms with E-state index < -0.39 is 0 Å². The third-order valence-corrected chi connectivity index (χ3v) is 2.56. The Labute approximate surface area is 90.8 Å². The van der Waals surface area contributed by atoms with Crippen LogP contribution in [0, 0.1) is 19.8 Å². The van der Waals surface area contributed by atoms with Gasteiger partial charge in [-0.3, -0.25) is 0 Å². The van der Waals surface area contributed by atoms with Crippen molar-refractivity contribution in [2.75, 3.05) is 0 Å². The lowest BCUT2D eigenvalue weighted by atomic mass is 9.99. The summed E-state index contributed by atoms with van der Waals surface area (Å²) in [5, 5.41) is 0. The highest BCUT2D eigenvalue weighted by molar-refractivity contribution is 4.82. The molecular weight excluding hydrogens is 168 g/mol. The van der Waals surface area contributed by atoms with Crippen molar-refractivity contribution < 1.29 is 0 Å². The van der Waals surface area contributed by atoms with Crippen molar-refractivity contribution in [1.82, 2.24) is 0 Å². The van der Waals surface area contributed by atoms with Crippen molar-refractivity contribution in [3.63, 3.8) is 0 Å². The second kappa shape index (κ2) is 10.8. The Morgan fingerprint density at radius 2 is 1.57 bits per heavy atom. The molecule has 0 aliphatic carbocycles. The van der Waals surface area contributed by atoms with Crippen LogP contribution in [0.2, 0.25) is 0 Å². The van der Waals surface area contributed by atoms with Gasteiger partial charge in [-0.25, -0.2) is 0 Å². The molecule has 0 spiro atoms. The lowest BCUT2D eigenvalue weighted by Gasteiger charge is -2.07. The molecule has 0 aromatic heterocycles. The average Bonchev–Trinajstić information content (AvgIpc) is 2.20. The highest BCUT2D eigenvalue weighted by atomic mass is 14.0. The molecule has 0 N–H and O–H groups in total. The second-order valence-electron chi connectivity index (χ2n) is 4.15. The molecule has 82 valence electrons. The molecule has 0 amide bonds. The highest BCUT2D eigenvalue weighted by Crippen LogP contribution is 2.14. The molecule has 1 atom stereocenters. The molecule has 0 saturated heterocycles. The molecule has 2 radical (unpaired) electrons. The van der Waals surface area contributed by atoms with E-state index in [1.165, 1.54) is 38.5 Å². The Bertz CT molecular complexity index is 124. The molecule has 0 nitrogen and oxygen atoms in total. The van der Waals surface area contributed by atoms with Crippen LogP contribution in [-0.4, -0.2) is 0 Å². The van der Waals surface area contributed by atoms with Gasteiger partial charge in [0.1, 0.15) is 0 Å². The maximum absolute atomic E-state index is 3.87. The van der Waals surface area contributed by atoms with Crippen molar-refractivity contribution in [2.24, 2.45) is 5.92 Å². The van der Waals surface area contributed by atoms with Gasteiger partial charge in [-0.1, -0.05) is 58.6 Å². The molecule has 0 aromatic carbocycles. The van der Waals surface area contributed by atoms with Gasteiger partial charge in [-0.15, -0.1) is 0 Å². The van der Waals surface area contributed by atoms with Gasteiger partial charge < -0.3 is 0 Å². The molecule has 0 aliphatic heterocycles. The summed E-state index contributed by atoms with van der Waals surface area (Å²) >= 11 is 0. The van der Waals surface area contributed by atoms with E-state index in [1.807, 2.05) is 0 Å². The first-order valence-corrected chi connectivity index (χ1v) is 6.04. The van der Waals surface area contributed by atoms with Gasteiger partial charge >= 0.3 is 0 Å². The Morgan fingerprint density at radius 1 is 0.929 bits per heavy atom. The summed E-state index contributed by atoms with van der Waals surface area (Å²) in [5.74, 6) is 0.870. The Hall–Kier alpha value is -0.260. The van der Waals surface area contributed by atoms with Gasteiger partial charge in [0.2, 0.25) is 0 Å². The summed E-state index contributed by atoms with van der Waals surface area (Å²) < 4.78 is 0. The topological polar surface area (TPSA) is 0 Å². The standard InChI is InChI=1S/C14H26/c1-4-6-8-9-10-11-13-14(3)12-7-5-2/h9-10,14H,1-2,4-8,11-13H2,3H3. The zero-order valence-electron chi connectivity index (χ0n) is 9.80. The van der Waals surface area contributed by atoms with Crippen LogP contribution in [0.5, 0.6) is 0 Å². The van der Waals surface area contributed by atoms with Crippen molar-refractivity contribution in [3.8, 4) is 0 Å². The number of hydrogen-bond donors (Lipinski definition) is 0. The van der Waals surface area contributed by atoms with E-state index in [4.69, 9.17) is 0 Å². The highest BCUT2D eigenvalue weighted by Gasteiger charge is 1.98. The van der Waals surface area contributed by atoms with Crippen LogP contribution in [0.15, 0.2) is 12.2 Å². The van der Waals surface area contributed by atoms with E-state index in [0.717, 1.165) is 18.8 Å². The Balaban J connectivity index is 3.21. The summed E-state index contributed by atoms with van der Waals surface area (Å²) in [5.41, 5.74) is 0. The van der Waals surface area contributed by atoms with E-state index in [9.17, 15) is 0 Å². The van der Waals surface area contributed by atoms with Gasteiger partial charge in [-0.05, 0) is 31.6 Å². The van der Waals surface area contributed by atoms with E-state index in [2.05, 4.69) is 32.9 Å². The van der Waals surface area contributed by atoms with Crippen molar-refractivity contribution in [3.05, 3.63) is 26.0 Å². The fourth-order valence-electron chi connectivity index (χ4n) is 1.52. The summed E-state index contributed by atoms with van der Waals surface area (Å²) in [7, 11) is 0. The van der Waals surface area contributed by atoms with Crippen LogP contribution < -0.4 is 0 Å². The van der Waals surface area contributed by atoms with E-state index in [1.54, 1.807) is 0 Å². The molecular formula is C14H26. The van der Waals surface area contributed by atoms with Gasteiger partial charge in [0, 0.05) is 0 Å². The number of unbranched alkanes of at least 4 members (excludes halogenated alkanes) is 3. The normalized spacial score (nSPS) is 13.6. The first-order chi connectivity index (χ1) is 6.81. The lowest BCUT2D eigenvalue weighted by molar-refractivity contribution is 0.480. The number of allylic oxidation sites excluding steroid dienone is 2. The summed E-state index contributed by atoms with van der Waals surface area (Å²) in [4.78, 5) is 0. The molecule has 0 saturated carbocycles. The van der Waals surface area contributed by atoms with Crippen LogP contribution in [0.3, 0.4) is 0 Å². The molecule has 0 heterocycles. The van der Waals surface area contributed by atoms with Gasteiger partial charge in [0.25, 0.3) is 0 Å². The second-order valence-corrected chi connectivity index (χ2v) is 4.15. The largest absolute Gasteiger partial charge is 0.0885 e. The Kier molecular flexibility index (Phi) is 10.6. The van der Waals surface area contributed by atoms with Crippen LogP contribution >= 0.6 is 0 Å². The quantitative estimate of drug-likeness (QED) is 0.359. The number of hydrogen-bond acceptors (Lipinski definition) is 0. The van der Waals surface area contributed by atoms with E-state index in [0.29, 0.717) is 0 Å². The minimum absolute atomic E-state index is 0.870. The van der Waals surface area contributed by atoms with Crippen LogP contribution in [-0.2, 0) is 0 Å². The van der Waals surface area contributed by atoms with Gasteiger partial charge in [0.05, 0.1) is 0 Å². The molecule has 0 fully saturated rings. The van der Waals surface area contributed by atoms with Gasteiger partial charge in [0.15, 0.2) is 0 Å². The molecule has 0 rings (SSSR count). The first-order valence-electron chi connectivity index (χ1n) is 6.04. The monoisotopic (exact) mass is 194 g/mol. The molecule has 0 aromatic rings. The fraction of sp³-hybridized carbons (Fsp3) is 0.714. The summed E-state index contributed by atoms with van der Waals surface area (Å²) in [6.07, 6.45) is 14.4. The third kappa shape index (κ3) is 9.83. The Morgan fingerprint density at radius 3 is 2.21 bits per heavy atom. The first kappa shape index (κ1) is 13.7. The van der Waals surface area contributed by atoms with Crippen LogP contribution in [0.25, 0.3) is 0 Å². The van der Waals surface area contributed by atoms with Gasteiger partial charge in [-0.2, -0.15) is 0 Å². The molecule has 0 bridgehead atoms. The minimum Gasteiger partial charge on any atom is -0.0885 e. The molecule has 1 unspecified atom stereocenters. The lowest BCUT2D eigenvalue weighted by Crippen LogP contribution is -1.93. The van der Waals surface area contributed by atoms with Crippen molar-refractivity contribution >= 4 is 0 Å². The SMILES string of the molecule is [CH2]CCCC=CCCC(C)CCC[CH2]. The fourth-order valence-corrected chi connectivity index (χ4v) is 1.52. The number of rotatable bonds is 9. The van der Waals surface area contributed by atoms with Crippen molar-refractivity contribution in [2.45, 2.75) is 58.3 Å². The molecule has 14 heavy (non-hydrogen) atoms. The molecule has 0 heteroatoms. The predicted molar refractivity (Wildman–Crippen MR) is 66.0 cm³/mol. The average molecular weight is 194 g/mol. The maximum atomic E-state index is 3.87. The predicted octanol–water partition coefficient (Wildman–Crippen LogP) is 4.97. The smallest absolute Gasteiger partial charge is 0.0348 e. The zero-order valence-corrected chi connectivity index (χ0v) is 9.80. The summed E-state index contributed by atoms with van der Waals surface area (Å²) in [6.45, 7) is 10.0. The summed E-state index contributed by atoms with van der Waals surface area (Å²) in [6, 6.07) is 0. The van der Waals surface area contributed by atoms with E-state index in [-0.39, 0.29) is 0 Å². The minimum atomic E-state index is 0.870. The van der Waals surface area contributed by atoms with Crippen molar-refractivity contribution in [1.29, 1.82) is 0 Å². The van der Waals surface area contributed by atoms with Crippen LogP contribution in [0.4, 0.5) is 0 Å². The maximum Gasteiger partial charge on any atom is -0.0348 e. The zero-order chi connectivity index (χ0) is 10.6.